The number of carbonyl (C=O) groups is 1. The van der Waals surface area contributed by atoms with Crippen molar-refractivity contribution in [3.8, 4) is 11.3 Å². The summed E-state index contributed by atoms with van der Waals surface area (Å²) in [6.07, 6.45) is 1.01. The molecule has 1 N–H and O–H groups in total. The highest BCUT2D eigenvalue weighted by molar-refractivity contribution is 8.00. The molecule has 0 aliphatic rings. The van der Waals surface area contributed by atoms with E-state index in [0.717, 1.165) is 28.7 Å². The van der Waals surface area contributed by atoms with Crippen LogP contribution < -0.4 is 5.32 Å². The zero-order chi connectivity index (χ0) is 18.7. The van der Waals surface area contributed by atoms with Crippen LogP contribution in [0.25, 0.3) is 11.3 Å². The van der Waals surface area contributed by atoms with Gasteiger partial charge >= 0.3 is 0 Å². The monoisotopic (exact) mass is 387 g/mol. The fraction of sp³-hybridized carbons (Fsp3) is 0.333. The van der Waals surface area contributed by atoms with Gasteiger partial charge in [0.2, 0.25) is 5.91 Å². The molecule has 1 aromatic carbocycles. The lowest BCUT2D eigenvalue weighted by Crippen LogP contribution is -2.22. The third-order valence-electron chi connectivity index (χ3n) is 4.10. The summed E-state index contributed by atoms with van der Waals surface area (Å²) in [4.78, 5) is 17.0. The van der Waals surface area contributed by atoms with E-state index in [2.05, 4.69) is 51.7 Å². The maximum absolute atomic E-state index is 12.4. The van der Waals surface area contributed by atoms with Crippen LogP contribution in [0.3, 0.4) is 0 Å². The minimum atomic E-state index is -0.298. The number of rotatable bonds is 6. The second kappa shape index (κ2) is 8.01. The number of thiazole rings is 1. The van der Waals surface area contributed by atoms with Crippen LogP contribution in [-0.4, -0.2) is 30.9 Å². The van der Waals surface area contributed by atoms with E-state index in [1.54, 1.807) is 0 Å². The van der Waals surface area contributed by atoms with Crippen LogP contribution in [0.2, 0.25) is 0 Å². The summed E-state index contributed by atoms with van der Waals surface area (Å²) in [7, 11) is 1.89. The van der Waals surface area contributed by atoms with Crippen molar-refractivity contribution in [3.63, 3.8) is 0 Å². The molecule has 0 radical (unpaired) electrons. The Balaban J connectivity index is 1.64. The van der Waals surface area contributed by atoms with Crippen LogP contribution in [0.15, 0.2) is 34.8 Å². The Morgan fingerprint density at radius 2 is 2.04 bits per heavy atom. The molecule has 2 heterocycles. The molecule has 0 fully saturated rings. The molecule has 8 heteroatoms. The molecule has 1 atom stereocenters. The van der Waals surface area contributed by atoms with Crippen molar-refractivity contribution < 1.29 is 4.79 Å². The number of carbonyl (C=O) groups excluding carboxylic acids is 1. The van der Waals surface area contributed by atoms with E-state index in [0.29, 0.717) is 5.13 Å². The SMILES string of the molecule is CCc1ccc(-c2csc(NC(=O)[C@H](C)Sc3nnc(C)n3C)n2)cc1. The number of aromatic nitrogens is 4. The summed E-state index contributed by atoms with van der Waals surface area (Å²) in [5.41, 5.74) is 3.22. The predicted molar refractivity (Wildman–Crippen MR) is 107 cm³/mol. The fourth-order valence-electron chi connectivity index (χ4n) is 2.28. The van der Waals surface area contributed by atoms with Gasteiger partial charge in [0.1, 0.15) is 5.82 Å². The molecule has 3 aromatic rings. The molecule has 3 rings (SSSR count). The average molecular weight is 388 g/mol. The molecule has 1 amide bonds. The largest absolute Gasteiger partial charge is 0.309 e. The lowest BCUT2D eigenvalue weighted by Gasteiger charge is -2.09. The number of anilines is 1. The second-order valence-corrected chi connectivity index (χ2v) is 8.09. The van der Waals surface area contributed by atoms with Crippen LogP contribution in [0.1, 0.15) is 25.2 Å². The van der Waals surface area contributed by atoms with Crippen molar-refractivity contribution in [1.29, 1.82) is 0 Å². The maximum atomic E-state index is 12.4. The molecule has 136 valence electrons. The topological polar surface area (TPSA) is 72.7 Å². The number of amides is 1. The number of hydrogen-bond donors (Lipinski definition) is 1. The fourth-order valence-corrected chi connectivity index (χ4v) is 3.87. The zero-order valence-electron chi connectivity index (χ0n) is 15.2. The van der Waals surface area contributed by atoms with Crippen LogP contribution in [0.5, 0.6) is 0 Å². The Labute approximate surface area is 161 Å². The van der Waals surface area contributed by atoms with E-state index >= 15 is 0 Å². The first-order valence-electron chi connectivity index (χ1n) is 8.36. The van der Waals surface area contributed by atoms with Gasteiger partial charge in [0.05, 0.1) is 10.9 Å². The molecular weight excluding hydrogens is 366 g/mol. The van der Waals surface area contributed by atoms with Gasteiger partial charge in [-0.2, -0.15) is 0 Å². The van der Waals surface area contributed by atoms with Crippen LogP contribution in [-0.2, 0) is 18.3 Å². The Morgan fingerprint density at radius 3 is 2.65 bits per heavy atom. The van der Waals surface area contributed by atoms with Crippen LogP contribution in [0, 0.1) is 6.92 Å². The van der Waals surface area contributed by atoms with Crippen molar-refractivity contribution in [1.82, 2.24) is 19.7 Å². The number of aryl methyl sites for hydroxylation is 2. The second-order valence-electron chi connectivity index (χ2n) is 5.93. The summed E-state index contributed by atoms with van der Waals surface area (Å²) in [6.45, 7) is 5.86. The molecule has 26 heavy (non-hydrogen) atoms. The van der Waals surface area contributed by atoms with E-state index in [4.69, 9.17) is 0 Å². The Kier molecular flexibility index (Phi) is 5.73. The number of nitrogens with zero attached hydrogens (tertiary/aromatic N) is 4. The minimum Gasteiger partial charge on any atom is -0.309 e. The highest BCUT2D eigenvalue weighted by Gasteiger charge is 2.19. The van der Waals surface area contributed by atoms with Crippen molar-refractivity contribution in [2.75, 3.05) is 5.32 Å². The van der Waals surface area contributed by atoms with Gasteiger partial charge in [-0.05, 0) is 25.8 Å². The zero-order valence-corrected chi connectivity index (χ0v) is 16.8. The van der Waals surface area contributed by atoms with Crippen molar-refractivity contribution in [2.45, 2.75) is 37.6 Å². The molecular formula is C18H21N5OS2. The van der Waals surface area contributed by atoms with E-state index < -0.39 is 0 Å². The highest BCUT2D eigenvalue weighted by atomic mass is 32.2. The van der Waals surface area contributed by atoms with Crippen LogP contribution in [0.4, 0.5) is 5.13 Å². The van der Waals surface area contributed by atoms with Gasteiger partial charge < -0.3 is 9.88 Å². The molecule has 0 saturated carbocycles. The summed E-state index contributed by atoms with van der Waals surface area (Å²) in [5.74, 6) is 0.719. The first kappa shape index (κ1) is 18.6. The summed E-state index contributed by atoms with van der Waals surface area (Å²) < 4.78 is 1.87. The smallest absolute Gasteiger partial charge is 0.239 e. The van der Waals surface area contributed by atoms with Gasteiger partial charge in [0.15, 0.2) is 10.3 Å². The molecule has 0 aliphatic carbocycles. The third-order valence-corrected chi connectivity index (χ3v) is 5.99. The van der Waals surface area contributed by atoms with Gasteiger partial charge in [0, 0.05) is 18.0 Å². The third kappa shape index (κ3) is 4.13. The Morgan fingerprint density at radius 1 is 1.31 bits per heavy atom. The van der Waals surface area contributed by atoms with E-state index in [9.17, 15) is 4.79 Å². The van der Waals surface area contributed by atoms with Crippen molar-refractivity contribution in [3.05, 3.63) is 41.0 Å². The van der Waals surface area contributed by atoms with Gasteiger partial charge in [-0.1, -0.05) is 43.0 Å². The molecule has 0 aliphatic heterocycles. The summed E-state index contributed by atoms with van der Waals surface area (Å²) >= 11 is 2.81. The van der Waals surface area contributed by atoms with Gasteiger partial charge in [-0.25, -0.2) is 4.98 Å². The van der Waals surface area contributed by atoms with Gasteiger partial charge in [-0.15, -0.1) is 21.5 Å². The number of thioether (sulfide) groups is 1. The first-order valence-corrected chi connectivity index (χ1v) is 10.1. The van der Waals surface area contributed by atoms with Crippen LogP contribution >= 0.6 is 23.1 Å². The van der Waals surface area contributed by atoms with Gasteiger partial charge in [0.25, 0.3) is 0 Å². The number of nitrogens with one attached hydrogen (secondary N) is 1. The number of benzene rings is 1. The van der Waals surface area contributed by atoms with E-state index in [1.807, 2.05) is 30.8 Å². The Bertz CT molecular complexity index is 901. The molecule has 0 saturated heterocycles. The highest BCUT2D eigenvalue weighted by Crippen LogP contribution is 2.27. The molecule has 0 unspecified atom stereocenters. The minimum absolute atomic E-state index is 0.0992. The average Bonchev–Trinajstić information content (AvgIpc) is 3.23. The molecule has 0 spiro atoms. The van der Waals surface area contributed by atoms with Crippen molar-refractivity contribution >= 4 is 34.1 Å². The van der Waals surface area contributed by atoms with Crippen molar-refractivity contribution in [2.24, 2.45) is 7.05 Å². The first-order chi connectivity index (χ1) is 12.5. The molecule has 2 aromatic heterocycles. The van der Waals surface area contributed by atoms with E-state index in [-0.39, 0.29) is 11.2 Å². The quantitative estimate of drug-likeness (QED) is 0.649. The predicted octanol–water partition coefficient (Wildman–Crippen LogP) is 3.93. The summed E-state index contributed by atoms with van der Waals surface area (Å²) in [6, 6.07) is 8.34. The Hall–Kier alpha value is -2.19. The van der Waals surface area contributed by atoms with E-state index in [1.165, 1.54) is 28.7 Å². The standard InChI is InChI=1S/C18H21N5OS2/c1-5-13-6-8-14(9-7-13)15-10-25-17(19-15)20-16(24)11(2)26-18-22-21-12(3)23(18)4/h6-11H,5H2,1-4H3,(H,19,20,24)/t11-/m0/s1. The molecule has 0 bridgehead atoms. The summed E-state index contributed by atoms with van der Waals surface area (Å²) in [5, 5.41) is 14.0. The normalized spacial score (nSPS) is 12.2. The lowest BCUT2D eigenvalue weighted by molar-refractivity contribution is -0.115. The maximum Gasteiger partial charge on any atom is 0.239 e. The number of hydrogen-bond acceptors (Lipinski definition) is 6. The van der Waals surface area contributed by atoms with Gasteiger partial charge in [-0.3, -0.25) is 4.79 Å². The lowest BCUT2D eigenvalue weighted by atomic mass is 10.1. The molecule has 6 nitrogen and oxygen atoms in total.